The van der Waals surface area contributed by atoms with Gasteiger partial charge in [-0.15, -0.1) is 0 Å². The molecule has 5 heteroatoms. The summed E-state index contributed by atoms with van der Waals surface area (Å²) in [7, 11) is 0. The van der Waals surface area contributed by atoms with E-state index in [4.69, 9.17) is 9.11 Å². The highest BCUT2D eigenvalue weighted by Crippen LogP contribution is 2.58. The number of benzene rings is 3. The summed E-state index contributed by atoms with van der Waals surface area (Å²) >= 11 is 1.61. The molecular weight excluding hydrogens is 512 g/mol. The van der Waals surface area contributed by atoms with Crippen LogP contribution in [0.2, 0.25) is 0 Å². The summed E-state index contributed by atoms with van der Waals surface area (Å²) in [6.07, 6.45) is 11.2. The SMILES string of the molecule is CC1(CCCC(=O)c2cccc(Oc3ccccc3)c2)CC1CCC1=CCCN(c2nsc3ccccc23)CC1. The van der Waals surface area contributed by atoms with Gasteiger partial charge in [0.1, 0.15) is 17.3 Å². The summed E-state index contributed by atoms with van der Waals surface area (Å²) in [6.45, 7) is 4.53. The van der Waals surface area contributed by atoms with Crippen LogP contribution in [0, 0.1) is 11.3 Å². The van der Waals surface area contributed by atoms with Gasteiger partial charge >= 0.3 is 0 Å². The van der Waals surface area contributed by atoms with Gasteiger partial charge < -0.3 is 9.64 Å². The fourth-order valence-electron chi connectivity index (χ4n) is 6.23. The van der Waals surface area contributed by atoms with E-state index in [2.05, 4.69) is 42.2 Å². The second kappa shape index (κ2) is 12.0. The van der Waals surface area contributed by atoms with Crippen molar-refractivity contribution in [3.8, 4) is 11.5 Å². The minimum absolute atomic E-state index is 0.209. The van der Waals surface area contributed by atoms with Gasteiger partial charge in [-0.1, -0.05) is 61.0 Å². The van der Waals surface area contributed by atoms with Gasteiger partial charge in [0.05, 0.1) is 4.70 Å². The minimum atomic E-state index is 0.209. The van der Waals surface area contributed by atoms with Gasteiger partial charge in [0.25, 0.3) is 0 Å². The van der Waals surface area contributed by atoms with Gasteiger partial charge in [0.2, 0.25) is 0 Å². The Morgan fingerprint density at radius 3 is 2.75 bits per heavy atom. The van der Waals surface area contributed by atoms with Crippen LogP contribution in [-0.2, 0) is 0 Å². The van der Waals surface area contributed by atoms with E-state index in [1.807, 2.05) is 54.6 Å². The molecule has 2 atom stereocenters. The van der Waals surface area contributed by atoms with E-state index in [0.717, 1.165) is 61.8 Å². The molecule has 4 nitrogen and oxygen atoms in total. The number of ketones is 1. The van der Waals surface area contributed by atoms with Crippen LogP contribution in [0.15, 0.2) is 90.5 Å². The molecule has 206 valence electrons. The molecule has 2 heterocycles. The molecule has 0 saturated heterocycles. The second-order valence-electron chi connectivity index (χ2n) is 11.7. The zero-order valence-corrected chi connectivity index (χ0v) is 24.2. The van der Waals surface area contributed by atoms with Crippen molar-refractivity contribution in [3.05, 3.63) is 96.1 Å². The fraction of sp³-hybridized carbons (Fsp3) is 0.371. The van der Waals surface area contributed by atoms with Gasteiger partial charge in [-0.3, -0.25) is 4.79 Å². The number of rotatable bonds is 11. The van der Waals surface area contributed by atoms with Crippen LogP contribution in [0.5, 0.6) is 11.5 Å². The number of hydrogen-bond acceptors (Lipinski definition) is 5. The van der Waals surface area contributed by atoms with Gasteiger partial charge in [0, 0.05) is 30.5 Å². The first kappa shape index (κ1) is 26.8. The lowest BCUT2D eigenvalue weighted by atomic mass is 9.93. The molecule has 4 aromatic rings. The van der Waals surface area contributed by atoms with Crippen molar-refractivity contribution in [2.45, 2.75) is 58.3 Å². The van der Waals surface area contributed by atoms with Gasteiger partial charge in [0.15, 0.2) is 5.78 Å². The zero-order valence-electron chi connectivity index (χ0n) is 23.4. The van der Waals surface area contributed by atoms with Crippen LogP contribution in [0.3, 0.4) is 0 Å². The lowest BCUT2D eigenvalue weighted by molar-refractivity contribution is 0.0977. The standard InChI is InChI=1S/C35H38N2O2S/c1-35(21-8-16-32(38)27-11-7-14-30(24-27)39-29-12-3-2-4-13-29)25-28(35)19-18-26-10-9-22-37(23-20-26)34-31-15-5-6-17-33(31)40-36-34/h2-7,10-15,17,24,28H,8-9,16,18-23,25H2,1H3. The molecule has 0 amide bonds. The number of nitrogens with zero attached hydrogens (tertiary/aromatic N) is 2. The zero-order chi connectivity index (χ0) is 27.4. The Morgan fingerprint density at radius 2 is 1.85 bits per heavy atom. The van der Waals surface area contributed by atoms with Crippen molar-refractivity contribution >= 4 is 33.2 Å². The number of hydrogen-bond donors (Lipinski definition) is 0. The molecule has 40 heavy (non-hydrogen) atoms. The highest BCUT2D eigenvalue weighted by atomic mass is 32.1. The molecule has 1 aliphatic carbocycles. The number of anilines is 1. The number of aromatic nitrogens is 1. The third-order valence-corrected chi connectivity index (χ3v) is 9.65. The average Bonchev–Trinajstić information content (AvgIpc) is 3.53. The maximum absolute atomic E-state index is 12.9. The van der Waals surface area contributed by atoms with E-state index >= 15 is 0 Å². The Morgan fingerprint density at radius 1 is 1.02 bits per heavy atom. The smallest absolute Gasteiger partial charge is 0.163 e. The monoisotopic (exact) mass is 550 g/mol. The number of Topliss-reactive ketones (excluding diaryl/α,β-unsaturated/α-hetero) is 1. The van der Waals surface area contributed by atoms with Crippen molar-refractivity contribution in [3.63, 3.8) is 0 Å². The maximum atomic E-state index is 12.9. The summed E-state index contributed by atoms with van der Waals surface area (Å²) in [4.78, 5) is 15.4. The van der Waals surface area contributed by atoms with E-state index in [-0.39, 0.29) is 5.78 Å². The number of carbonyl (C=O) groups is 1. The second-order valence-corrected chi connectivity index (χ2v) is 12.5. The highest BCUT2D eigenvalue weighted by molar-refractivity contribution is 7.13. The first-order valence-corrected chi connectivity index (χ1v) is 15.5. The maximum Gasteiger partial charge on any atom is 0.163 e. The van der Waals surface area contributed by atoms with Crippen LogP contribution in [0.1, 0.15) is 68.6 Å². The molecule has 6 rings (SSSR count). The first-order valence-electron chi connectivity index (χ1n) is 14.7. The molecule has 0 radical (unpaired) electrons. The summed E-state index contributed by atoms with van der Waals surface area (Å²) in [6, 6.07) is 25.9. The Balaban J connectivity index is 0.933. The Kier molecular flexibility index (Phi) is 8.01. The summed E-state index contributed by atoms with van der Waals surface area (Å²) in [5, 5.41) is 1.29. The van der Waals surface area contributed by atoms with E-state index < -0.39 is 0 Å². The normalized spacial score (nSPS) is 20.7. The fourth-order valence-corrected chi connectivity index (χ4v) is 7.03. The molecule has 1 aliphatic heterocycles. The lowest BCUT2D eigenvalue weighted by Gasteiger charge is -2.20. The molecule has 2 unspecified atom stereocenters. The van der Waals surface area contributed by atoms with Gasteiger partial charge in [-0.2, -0.15) is 4.37 Å². The number of fused-ring (bicyclic) bond motifs is 1. The highest BCUT2D eigenvalue weighted by Gasteiger charge is 2.48. The predicted octanol–water partition coefficient (Wildman–Crippen LogP) is 9.47. The van der Waals surface area contributed by atoms with E-state index in [1.54, 1.807) is 17.1 Å². The molecule has 0 N–H and O–H groups in total. The van der Waals surface area contributed by atoms with Crippen LogP contribution in [-0.4, -0.2) is 23.2 Å². The van der Waals surface area contributed by atoms with E-state index in [0.29, 0.717) is 17.6 Å². The summed E-state index contributed by atoms with van der Waals surface area (Å²) in [5.74, 6) is 3.65. The van der Waals surface area contributed by atoms with Crippen LogP contribution in [0.4, 0.5) is 5.82 Å². The lowest BCUT2D eigenvalue weighted by Crippen LogP contribution is -2.24. The number of ether oxygens (including phenoxy) is 1. The summed E-state index contributed by atoms with van der Waals surface area (Å²) < 4.78 is 12.0. The largest absolute Gasteiger partial charge is 0.457 e. The molecule has 3 aromatic carbocycles. The Hall–Kier alpha value is -3.44. The number of para-hydroxylation sites is 1. The number of carbonyl (C=O) groups excluding carboxylic acids is 1. The van der Waals surface area contributed by atoms with Crippen molar-refractivity contribution in [2.75, 3.05) is 18.0 Å². The average molecular weight is 551 g/mol. The van der Waals surface area contributed by atoms with Crippen molar-refractivity contribution in [1.82, 2.24) is 4.37 Å². The third kappa shape index (κ3) is 6.31. The third-order valence-electron chi connectivity index (χ3n) is 8.83. The van der Waals surface area contributed by atoms with Crippen molar-refractivity contribution in [2.24, 2.45) is 11.3 Å². The van der Waals surface area contributed by atoms with Crippen molar-refractivity contribution < 1.29 is 9.53 Å². The molecule has 2 aliphatic rings. The first-order chi connectivity index (χ1) is 19.6. The molecule has 0 bridgehead atoms. The Bertz CT molecular complexity index is 1490. The van der Waals surface area contributed by atoms with Crippen LogP contribution < -0.4 is 9.64 Å². The molecule has 1 fully saturated rings. The molecular formula is C35H38N2O2S. The Labute approximate surface area is 241 Å². The van der Waals surface area contributed by atoms with Crippen molar-refractivity contribution in [1.29, 1.82) is 0 Å². The van der Waals surface area contributed by atoms with Crippen LogP contribution >= 0.6 is 11.5 Å². The molecule has 1 aromatic heterocycles. The summed E-state index contributed by atoms with van der Waals surface area (Å²) in [5.41, 5.74) is 2.75. The predicted molar refractivity (Wildman–Crippen MR) is 166 cm³/mol. The quantitative estimate of drug-likeness (QED) is 0.138. The van der Waals surface area contributed by atoms with Gasteiger partial charge in [-0.25, -0.2) is 0 Å². The minimum Gasteiger partial charge on any atom is -0.457 e. The molecule has 1 saturated carbocycles. The van der Waals surface area contributed by atoms with Crippen LogP contribution in [0.25, 0.3) is 10.1 Å². The van der Waals surface area contributed by atoms with E-state index in [9.17, 15) is 4.79 Å². The molecule has 0 spiro atoms. The van der Waals surface area contributed by atoms with Gasteiger partial charge in [-0.05, 0) is 104 Å². The van der Waals surface area contributed by atoms with E-state index in [1.165, 1.54) is 29.3 Å². The topological polar surface area (TPSA) is 42.4 Å².